The molecular formula is C12H22N2S2. The lowest BCUT2D eigenvalue weighted by atomic mass is 10.2. The molecule has 0 fully saturated rings. The molecule has 92 valence electrons. The summed E-state index contributed by atoms with van der Waals surface area (Å²) in [5.74, 6) is 1.02. The number of nitrogens with zero attached hydrogens (tertiary/aromatic N) is 2. The van der Waals surface area contributed by atoms with Gasteiger partial charge in [0.2, 0.25) is 0 Å². The van der Waals surface area contributed by atoms with Crippen LogP contribution in [-0.2, 0) is 6.54 Å². The van der Waals surface area contributed by atoms with Crippen molar-refractivity contribution in [1.82, 2.24) is 9.88 Å². The Morgan fingerprint density at radius 1 is 1.31 bits per heavy atom. The van der Waals surface area contributed by atoms with E-state index < -0.39 is 0 Å². The molecule has 0 bridgehead atoms. The van der Waals surface area contributed by atoms with Gasteiger partial charge in [-0.25, -0.2) is 4.98 Å². The van der Waals surface area contributed by atoms with Crippen molar-refractivity contribution in [2.24, 2.45) is 0 Å². The number of unbranched alkanes of at least 4 members (excludes halogenated alkanes) is 3. The number of rotatable bonds is 8. The molecule has 0 unspecified atom stereocenters. The van der Waals surface area contributed by atoms with Crippen molar-refractivity contribution < 1.29 is 0 Å². The Morgan fingerprint density at radius 2 is 2.06 bits per heavy atom. The zero-order valence-electron chi connectivity index (χ0n) is 10.3. The van der Waals surface area contributed by atoms with E-state index in [2.05, 4.69) is 41.9 Å². The van der Waals surface area contributed by atoms with E-state index in [1.807, 2.05) is 0 Å². The quantitative estimate of drug-likeness (QED) is 0.568. The molecule has 0 radical (unpaired) electrons. The van der Waals surface area contributed by atoms with E-state index in [-0.39, 0.29) is 0 Å². The highest BCUT2D eigenvalue weighted by atomic mass is 32.1. The molecular weight excluding hydrogens is 236 g/mol. The summed E-state index contributed by atoms with van der Waals surface area (Å²) in [5.41, 5.74) is 1.21. The van der Waals surface area contributed by atoms with E-state index >= 15 is 0 Å². The van der Waals surface area contributed by atoms with E-state index in [4.69, 9.17) is 0 Å². The van der Waals surface area contributed by atoms with Crippen molar-refractivity contribution >= 4 is 24.0 Å². The summed E-state index contributed by atoms with van der Waals surface area (Å²) < 4.78 is 0. The van der Waals surface area contributed by atoms with E-state index in [1.54, 1.807) is 11.3 Å². The Kier molecular flexibility index (Phi) is 7.08. The first-order valence-electron chi connectivity index (χ1n) is 5.93. The molecule has 1 aromatic heterocycles. The Bertz CT molecular complexity index is 286. The van der Waals surface area contributed by atoms with Crippen molar-refractivity contribution in [1.29, 1.82) is 0 Å². The van der Waals surface area contributed by atoms with Crippen LogP contribution in [0.5, 0.6) is 0 Å². The third kappa shape index (κ3) is 5.87. The highest BCUT2D eigenvalue weighted by Crippen LogP contribution is 2.10. The summed E-state index contributed by atoms with van der Waals surface area (Å²) in [6.45, 7) is 4.21. The SMILES string of the molecule is Cc1nc(CN(C)CCCCCCS)cs1. The van der Waals surface area contributed by atoms with Gasteiger partial charge in [-0.2, -0.15) is 12.6 Å². The molecule has 4 heteroatoms. The second-order valence-electron chi connectivity index (χ2n) is 4.23. The van der Waals surface area contributed by atoms with Crippen LogP contribution in [0.15, 0.2) is 5.38 Å². The standard InChI is InChI=1S/C12H22N2S2/c1-11-13-12(10-16-11)9-14(2)7-5-3-4-6-8-15/h10,15H,3-9H2,1-2H3. The first kappa shape index (κ1) is 14.0. The lowest BCUT2D eigenvalue weighted by Crippen LogP contribution is -2.19. The van der Waals surface area contributed by atoms with Crippen LogP contribution in [0.2, 0.25) is 0 Å². The van der Waals surface area contributed by atoms with Crippen molar-refractivity contribution in [2.75, 3.05) is 19.3 Å². The molecule has 0 aliphatic rings. The molecule has 2 nitrogen and oxygen atoms in total. The smallest absolute Gasteiger partial charge is 0.0897 e. The van der Waals surface area contributed by atoms with E-state index in [0.29, 0.717) is 0 Å². The number of aryl methyl sites for hydroxylation is 1. The van der Waals surface area contributed by atoms with Crippen LogP contribution in [0.4, 0.5) is 0 Å². The lowest BCUT2D eigenvalue weighted by molar-refractivity contribution is 0.314. The molecule has 0 saturated carbocycles. The number of thiol groups is 1. The third-order valence-corrected chi connectivity index (χ3v) is 3.68. The molecule has 0 aliphatic carbocycles. The van der Waals surface area contributed by atoms with Crippen molar-refractivity contribution in [3.05, 3.63) is 16.1 Å². The van der Waals surface area contributed by atoms with Gasteiger partial charge in [0.1, 0.15) is 0 Å². The fourth-order valence-corrected chi connectivity index (χ4v) is 2.51. The van der Waals surface area contributed by atoms with Crippen molar-refractivity contribution in [3.63, 3.8) is 0 Å². The van der Waals surface area contributed by atoms with E-state index in [1.165, 1.54) is 37.9 Å². The fraction of sp³-hybridized carbons (Fsp3) is 0.750. The summed E-state index contributed by atoms with van der Waals surface area (Å²) in [6, 6.07) is 0. The van der Waals surface area contributed by atoms with Gasteiger partial charge >= 0.3 is 0 Å². The minimum Gasteiger partial charge on any atom is -0.301 e. The summed E-state index contributed by atoms with van der Waals surface area (Å²) in [6.07, 6.45) is 5.17. The van der Waals surface area contributed by atoms with E-state index in [0.717, 1.165) is 17.3 Å². The van der Waals surface area contributed by atoms with Gasteiger partial charge in [0.25, 0.3) is 0 Å². The first-order valence-corrected chi connectivity index (χ1v) is 7.44. The van der Waals surface area contributed by atoms with Crippen molar-refractivity contribution in [3.8, 4) is 0 Å². The van der Waals surface area contributed by atoms with Gasteiger partial charge in [0.05, 0.1) is 10.7 Å². The topological polar surface area (TPSA) is 16.1 Å². The fourth-order valence-electron chi connectivity index (χ4n) is 1.68. The van der Waals surface area contributed by atoms with Crippen LogP contribution in [0, 0.1) is 6.92 Å². The van der Waals surface area contributed by atoms with Gasteiger partial charge in [-0.05, 0) is 39.1 Å². The summed E-state index contributed by atoms with van der Waals surface area (Å²) in [4.78, 5) is 6.83. The molecule has 1 aromatic rings. The normalized spacial score (nSPS) is 11.2. The number of thiazole rings is 1. The zero-order chi connectivity index (χ0) is 11.8. The average Bonchev–Trinajstić information content (AvgIpc) is 2.63. The van der Waals surface area contributed by atoms with Crippen LogP contribution in [0.3, 0.4) is 0 Å². The van der Waals surface area contributed by atoms with Gasteiger partial charge in [0, 0.05) is 11.9 Å². The number of aromatic nitrogens is 1. The van der Waals surface area contributed by atoms with E-state index in [9.17, 15) is 0 Å². The lowest BCUT2D eigenvalue weighted by Gasteiger charge is -2.14. The van der Waals surface area contributed by atoms with Crippen LogP contribution in [0.1, 0.15) is 36.4 Å². The average molecular weight is 258 g/mol. The molecule has 0 aliphatic heterocycles. The third-order valence-electron chi connectivity index (χ3n) is 2.55. The minimum absolute atomic E-state index is 0.983. The second-order valence-corrected chi connectivity index (χ2v) is 5.74. The minimum atomic E-state index is 0.983. The maximum absolute atomic E-state index is 4.48. The molecule has 0 amide bonds. The van der Waals surface area contributed by atoms with Crippen LogP contribution in [-0.4, -0.2) is 29.2 Å². The van der Waals surface area contributed by atoms with Crippen LogP contribution >= 0.6 is 24.0 Å². The molecule has 0 N–H and O–H groups in total. The van der Waals surface area contributed by atoms with Gasteiger partial charge in [0.15, 0.2) is 0 Å². The summed E-state index contributed by atoms with van der Waals surface area (Å²) in [7, 11) is 2.17. The van der Waals surface area contributed by atoms with Gasteiger partial charge in [-0.15, -0.1) is 11.3 Å². The predicted octanol–water partition coefficient (Wildman–Crippen LogP) is 3.37. The second kappa shape index (κ2) is 8.09. The van der Waals surface area contributed by atoms with Gasteiger partial charge in [-0.3, -0.25) is 0 Å². The Hall–Kier alpha value is -0.0600. The Balaban J connectivity index is 2.09. The molecule has 0 aromatic carbocycles. The molecule has 0 saturated heterocycles. The highest BCUT2D eigenvalue weighted by Gasteiger charge is 2.02. The van der Waals surface area contributed by atoms with Crippen LogP contribution in [0.25, 0.3) is 0 Å². The predicted molar refractivity (Wildman–Crippen MR) is 75.5 cm³/mol. The Morgan fingerprint density at radius 3 is 2.69 bits per heavy atom. The monoisotopic (exact) mass is 258 g/mol. The van der Waals surface area contributed by atoms with Gasteiger partial charge in [-0.1, -0.05) is 12.8 Å². The summed E-state index contributed by atoms with van der Waals surface area (Å²) in [5, 5.41) is 3.32. The largest absolute Gasteiger partial charge is 0.301 e. The molecule has 0 atom stereocenters. The maximum atomic E-state index is 4.48. The molecule has 1 heterocycles. The highest BCUT2D eigenvalue weighted by molar-refractivity contribution is 7.80. The number of hydrogen-bond acceptors (Lipinski definition) is 4. The molecule has 1 rings (SSSR count). The first-order chi connectivity index (χ1) is 7.72. The Labute approximate surface area is 108 Å². The summed E-state index contributed by atoms with van der Waals surface area (Å²) >= 11 is 5.95. The maximum Gasteiger partial charge on any atom is 0.0897 e. The zero-order valence-corrected chi connectivity index (χ0v) is 12.0. The van der Waals surface area contributed by atoms with Crippen LogP contribution < -0.4 is 0 Å². The molecule has 0 spiro atoms. The number of hydrogen-bond donors (Lipinski definition) is 1. The van der Waals surface area contributed by atoms with Crippen molar-refractivity contribution in [2.45, 2.75) is 39.2 Å². The molecule has 16 heavy (non-hydrogen) atoms. The van der Waals surface area contributed by atoms with Gasteiger partial charge < -0.3 is 4.90 Å².